The van der Waals surface area contributed by atoms with Crippen LogP contribution in [0.2, 0.25) is 0 Å². The molecule has 10 rings (SSSR count). The zero-order valence-electron chi connectivity index (χ0n) is 37.9. The Bertz CT molecular complexity index is 3060. The van der Waals surface area contributed by atoms with Gasteiger partial charge in [0.2, 0.25) is 0 Å². The second-order valence-corrected chi connectivity index (χ2v) is 17.8. The Hall–Kier alpha value is -6.76. The lowest BCUT2D eigenvalue weighted by atomic mass is 9.80. The van der Waals surface area contributed by atoms with Gasteiger partial charge < -0.3 is 0 Å². The van der Waals surface area contributed by atoms with Crippen LogP contribution in [0.25, 0.3) is 98.7 Å². The van der Waals surface area contributed by atoms with Gasteiger partial charge in [0, 0.05) is 0 Å². The fourth-order valence-electron chi connectivity index (χ4n) is 10.8. The zero-order valence-corrected chi connectivity index (χ0v) is 37.9. The Labute approximate surface area is 374 Å². The molecule has 310 valence electrons. The van der Waals surface area contributed by atoms with E-state index < -0.39 is 0 Å². The molecule has 0 aliphatic carbocycles. The number of rotatable bonds is 5. The van der Waals surface area contributed by atoms with Crippen molar-refractivity contribution in [2.75, 3.05) is 0 Å². The third-order valence-corrected chi connectivity index (χ3v) is 15.0. The lowest BCUT2D eigenvalue weighted by molar-refractivity contribution is 1.18. The summed E-state index contributed by atoms with van der Waals surface area (Å²) in [6.07, 6.45) is 0. The quantitative estimate of drug-likeness (QED) is 0.152. The first-order valence-electron chi connectivity index (χ1n) is 22.2. The lowest BCUT2D eigenvalue weighted by Gasteiger charge is -2.23. The van der Waals surface area contributed by atoms with Crippen LogP contribution in [0.4, 0.5) is 0 Å². The van der Waals surface area contributed by atoms with E-state index in [4.69, 9.17) is 0 Å². The van der Waals surface area contributed by atoms with Crippen LogP contribution < -0.4 is 0 Å². The maximum absolute atomic E-state index is 2.33. The average molecular weight is 815 g/mol. The highest BCUT2D eigenvalue weighted by molar-refractivity contribution is 6.23. The summed E-state index contributed by atoms with van der Waals surface area (Å²) in [6, 6.07) is 54.6. The fourth-order valence-corrected chi connectivity index (χ4v) is 10.8. The molecule has 0 aliphatic rings. The summed E-state index contributed by atoms with van der Waals surface area (Å²) in [4.78, 5) is 0. The third-order valence-electron chi connectivity index (χ3n) is 15.0. The Balaban J connectivity index is 0.00000504. The molecule has 0 heteroatoms. The molecule has 63 heavy (non-hydrogen) atoms. The SMILES string of the molecule is C.Cc1c(C)c(C)c(-c2c3ccccc3c(-c3ccc(-c4ccc(-c5c6ccccc6c(-c6c(C)c(C)c(C)c(C)c6C)c6ccccc56)cc4)cc3)c3ccccc23)c(C)c1C. The standard InChI is InChI=1S/C62H54.CH4/c1-35-37(3)41(7)57(42(8)38(35)4)61-53-23-15-11-19-49(53)59(50-20-12-16-24-54(50)61)47-31-27-45(28-32-47)46-29-33-48(34-30-46)60-51-21-13-17-25-55(51)62(56-26-18-14-22-52(56)60)58-43(9)39(5)36(2)40(6)44(58)10;/h11-34H,1-10H3;1H4. The van der Waals surface area contributed by atoms with Gasteiger partial charge in [0.05, 0.1) is 0 Å². The van der Waals surface area contributed by atoms with Crippen molar-refractivity contribution in [3.8, 4) is 55.6 Å². The summed E-state index contributed by atoms with van der Waals surface area (Å²) in [6.45, 7) is 22.9. The highest BCUT2D eigenvalue weighted by Crippen LogP contribution is 2.49. The van der Waals surface area contributed by atoms with Crippen LogP contribution >= 0.6 is 0 Å². The molecule has 0 radical (unpaired) electrons. The van der Waals surface area contributed by atoms with Gasteiger partial charge in [0.1, 0.15) is 0 Å². The Morgan fingerprint density at radius 1 is 0.175 bits per heavy atom. The van der Waals surface area contributed by atoms with E-state index in [0.29, 0.717) is 0 Å². The molecule has 0 nitrogen and oxygen atoms in total. The summed E-state index contributed by atoms with van der Waals surface area (Å²) < 4.78 is 0. The topological polar surface area (TPSA) is 0 Å². The van der Waals surface area contributed by atoms with Crippen LogP contribution in [0.5, 0.6) is 0 Å². The third kappa shape index (κ3) is 6.33. The van der Waals surface area contributed by atoms with E-state index in [0.717, 1.165) is 0 Å². The van der Waals surface area contributed by atoms with Crippen molar-refractivity contribution in [1.29, 1.82) is 0 Å². The summed E-state index contributed by atoms with van der Waals surface area (Å²) in [5.74, 6) is 0. The molecule has 0 spiro atoms. The molecule has 0 amide bonds. The molecule has 0 N–H and O–H groups in total. The molecule has 0 saturated carbocycles. The van der Waals surface area contributed by atoms with Crippen molar-refractivity contribution >= 4 is 43.1 Å². The minimum atomic E-state index is 0. The first kappa shape index (κ1) is 41.6. The molecule has 10 aromatic carbocycles. The van der Waals surface area contributed by atoms with Gasteiger partial charge >= 0.3 is 0 Å². The minimum absolute atomic E-state index is 0. The van der Waals surface area contributed by atoms with Crippen LogP contribution in [0.3, 0.4) is 0 Å². The summed E-state index contributed by atoms with van der Waals surface area (Å²) in [5, 5.41) is 10.4. The average Bonchev–Trinajstić information content (AvgIpc) is 3.31. The monoisotopic (exact) mass is 814 g/mol. The van der Waals surface area contributed by atoms with Crippen LogP contribution in [0.15, 0.2) is 146 Å². The van der Waals surface area contributed by atoms with Crippen molar-refractivity contribution in [1.82, 2.24) is 0 Å². The van der Waals surface area contributed by atoms with E-state index in [-0.39, 0.29) is 7.43 Å². The highest BCUT2D eigenvalue weighted by Gasteiger charge is 2.23. The van der Waals surface area contributed by atoms with Gasteiger partial charge in [-0.2, -0.15) is 0 Å². The van der Waals surface area contributed by atoms with Crippen molar-refractivity contribution in [2.45, 2.75) is 76.7 Å². The first-order valence-corrected chi connectivity index (χ1v) is 22.2. The van der Waals surface area contributed by atoms with E-state index in [1.807, 2.05) is 0 Å². The predicted octanol–water partition coefficient (Wildman–Crippen LogP) is 18.4. The summed E-state index contributed by atoms with van der Waals surface area (Å²) in [5.41, 5.74) is 26.8. The maximum atomic E-state index is 2.33. The molecule has 0 unspecified atom stereocenters. The highest BCUT2D eigenvalue weighted by atomic mass is 14.3. The molecule has 0 aromatic heterocycles. The minimum Gasteiger partial charge on any atom is -0.0776 e. The second kappa shape index (κ2) is 15.9. The fraction of sp³-hybridized carbons (Fsp3) is 0.175. The molecule has 0 aliphatic heterocycles. The van der Waals surface area contributed by atoms with Gasteiger partial charge in [-0.05, 0) is 224 Å². The van der Waals surface area contributed by atoms with E-state index in [1.165, 1.54) is 154 Å². The molecule has 0 atom stereocenters. The summed E-state index contributed by atoms with van der Waals surface area (Å²) >= 11 is 0. The Kier molecular flexibility index (Phi) is 10.5. The Morgan fingerprint density at radius 3 is 0.571 bits per heavy atom. The molecule has 0 fully saturated rings. The van der Waals surface area contributed by atoms with E-state index >= 15 is 0 Å². The van der Waals surface area contributed by atoms with Crippen LogP contribution in [0, 0.1) is 69.2 Å². The van der Waals surface area contributed by atoms with Gasteiger partial charge in [-0.15, -0.1) is 0 Å². The number of benzene rings is 10. The molecular formula is C63H58. The van der Waals surface area contributed by atoms with Crippen LogP contribution in [0.1, 0.15) is 63.1 Å². The van der Waals surface area contributed by atoms with Gasteiger partial charge in [-0.3, -0.25) is 0 Å². The van der Waals surface area contributed by atoms with Gasteiger partial charge in [0.25, 0.3) is 0 Å². The second-order valence-electron chi connectivity index (χ2n) is 17.8. The van der Waals surface area contributed by atoms with Gasteiger partial charge in [-0.1, -0.05) is 153 Å². The Morgan fingerprint density at radius 2 is 0.349 bits per heavy atom. The largest absolute Gasteiger partial charge is 0.0776 e. The summed E-state index contributed by atoms with van der Waals surface area (Å²) in [7, 11) is 0. The maximum Gasteiger partial charge on any atom is -0.00208 e. The van der Waals surface area contributed by atoms with E-state index in [9.17, 15) is 0 Å². The van der Waals surface area contributed by atoms with E-state index in [2.05, 4.69) is 215 Å². The number of fused-ring (bicyclic) bond motifs is 4. The first-order chi connectivity index (χ1) is 30.0. The van der Waals surface area contributed by atoms with Crippen molar-refractivity contribution in [3.63, 3.8) is 0 Å². The molecule has 0 heterocycles. The molecular weight excluding hydrogens is 757 g/mol. The van der Waals surface area contributed by atoms with Gasteiger partial charge in [-0.25, -0.2) is 0 Å². The lowest BCUT2D eigenvalue weighted by Crippen LogP contribution is -2.01. The normalized spacial score (nSPS) is 11.5. The van der Waals surface area contributed by atoms with E-state index in [1.54, 1.807) is 0 Å². The molecule has 0 bridgehead atoms. The smallest absolute Gasteiger partial charge is 0.00208 e. The predicted molar refractivity (Wildman–Crippen MR) is 278 cm³/mol. The van der Waals surface area contributed by atoms with Crippen molar-refractivity contribution < 1.29 is 0 Å². The van der Waals surface area contributed by atoms with Crippen LogP contribution in [-0.4, -0.2) is 0 Å². The van der Waals surface area contributed by atoms with Crippen LogP contribution in [-0.2, 0) is 0 Å². The van der Waals surface area contributed by atoms with Gasteiger partial charge in [0.15, 0.2) is 0 Å². The number of hydrogen-bond acceptors (Lipinski definition) is 0. The molecule has 0 saturated heterocycles. The molecule has 10 aromatic rings. The zero-order chi connectivity index (χ0) is 43.1. The van der Waals surface area contributed by atoms with Crippen molar-refractivity contribution in [2.24, 2.45) is 0 Å². The van der Waals surface area contributed by atoms with Crippen molar-refractivity contribution in [3.05, 3.63) is 201 Å². The number of hydrogen-bond donors (Lipinski definition) is 0.